The molecule has 2 rings (SSSR count). The van der Waals surface area contributed by atoms with Crippen molar-refractivity contribution in [3.8, 4) is 11.3 Å². The van der Waals surface area contributed by atoms with Crippen LogP contribution in [0.15, 0.2) is 49.1 Å². The number of aromatic nitrogens is 2. The van der Waals surface area contributed by atoms with Gasteiger partial charge in [-0.3, -0.25) is 0 Å². The van der Waals surface area contributed by atoms with Gasteiger partial charge >= 0.3 is 0 Å². The lowest BCUT2D eigenvalue weighted by Crippen LogP contribution is -2.10. The maximum absolute atomic E-state index is 4.57. The van der Waals surface area contributed by atoms with Crippen LogP contribution in [-0.2, 0) is 0 Å². The van der Waals surface area contributed by atoms with Gasteiger partial charge in [0, 0.05) is 24.7 Å². The van der Waals surface area contributed by atoms with E-state index < -0.39 is 0 Å². The Bertz CT molecular complexity index is 593. The maximum Gasteiger partial charge on any atom is 0.225 e. The van der Waals surface area contributed by atoms with Crippen molar-refractivity contribution >= 4 is 11.8 Å². The van der Waals surface area contributed by atoms with Gasteiger partial charge in [-0.2, -0.15) is 4.98 Å². The topological polar surface area (TPSA) is 49.8 Å². The normalized spacial score (nSPS) is 10.5. The summed E-state index contributed by atoms with van der Waals surface area (Å²) in [6.45, 7) is 9.70. The fourth-order valence-corrected chi connectivity index (χ4v) is 2.03. The first-order valence-electron chi connectivity index (χ1n) is 7.72. The van der Waals surface area contributed by atoms with Gasteiger partial charge in [-0.25, -0.2) is 4.98 Å². The minimum atomic E-state index is 0.619. The molecule has 0 amide bonds. The summed E-state index contributed by atoms with van der Waals surface area (Å²) in [6.07, 6.45) is 2.91. The van der Waals surface area contributed by atoms with Crippen LogP contribution in [0.2, 0.25) is 0 Å². The Morgan fingerprint density at radius 1 is 1.14 bits per heavy atom. The molecule has 0 saturated carbocycles. The van der Waals surface area contributed by atoms with Crippen molar-refractivity contribution in [2.24, 2.45) is 5.92 Å². The average Bonchev–Trinajstić information content (AvgIpc) is 2.53. The van der Waals surface area contributed by atoms with Crippen LogP contribution in [0.25, 0.3) is 11.3 Å². The van der Waals surface area contributed by atoms with E-state index in [-0.39, 0.29) is 0 Å². The first-order valence-corrected chi connectivity index (χ1v) is 7.72. The first-order chi connectivity index (χ1) is 10.7. The summed E-state index contributed by atoms with van der Waals surface area (Å²) in [7, 11) is 0. The van der Waals surface area contributed by atoms with Crippen LogP contribution in [0.4, 0.5) is 11.8 Å². The minimum absolute atomic E-state index is 0.619. The molecule has 0 aliphatic rings. The number of hydrogen-bond donors (Lipinski definition) is 2. The number of nitrogens with one attached hydrogen (secondary N) is 2. The smallest absolute Gasteiger partial charge is 0.225 e. The van der Waals surface area contributed by atoms with Crippen LogP contribution < -0.4 is 10.6 Å². The zero-order chi connectivity index (χ0) is 15.8. The molecule has 1 aromatic heterocycles. The average molecular weight is 296 g/mol. The largest absolute Gasteiger partial charge is 0.370 e. The Balaban J connectivity index is 2.22. The van der Waals surface area contributed by atoms with E-state index in [1.807, 2.05) is 24.3 Å². The van der Waals surface area contributed by atoms with E-state index in [1.165, 1.54) is 0 Å². The summed E-state index contributed by atoms with van der Waals surface area (Å²) in [4.78, 5) is 9.09. The predicted octanol–water partition coefficient (Wildman–Crippen LogP) is 4.20. The van der Waals surface area contributed by atoms with E-state index >= 15 is 0 Å². The standard InChI is InChI=1S/C18H24N4/c1-4-11-20-18-21-16(15-8-6-5-7-9-15)13-17(22-18)19-12-10-14(2)3/h4-9,13-14H,1,10-12H2,2-3H3,(H2,19,20,21,22). The summed E-state index contributed by atoms with van der Waals surface area (Å²) in [5.41, 5.74) is 1.99. The highest BCUT2D eigenvalue weighted by Gasteiger charge is 2.06. The molecule has 0 atom stereocenters. The van der Waals surface area contributed by atoms with Crippen molar-refractivity contribution in [3.63, 3.8) is 0 Å². The van der Waals surface area contributed by atoms with Crippen LogP contribution in [0.3, 0.4) is 0 Å². The van der Waals surface area contributed by atoms with Gasteiger partial charge in [-0.05, 0) is 12.3 Å². The lowest BCUT2D eigenvalue weighted by atomic mass is 10.1. The molecule has 0 saturated heterocycles. The molecule has 116 valence electrons. The van der Waals surface area contributed by atoms with E-state index in [1.54, 1.807) is 6.08 Å². The zero-order valence-electron chi connectivity index (χ0n) is 13.3. The predicted molar refractivity (Wildman–Crippen MR) is 94.1 cm³/mol. The van der Waals surface area contributed by atoms with Crippen LogP contribution in [-0.4, -0.2) is 23.1 Å². The third kappa shape index (κ3) is 4.88. The van der Waals surface area contributed by atoms with Crippen molar-refractivity contribution in [2.45, 2.75) is 20.3 Å². The molecular formula is C18H24N4. The minimum Gasteiger partial charge on any atom is -0.370 e. The molecule has 0 bridgehead atoms. The van der Waals surface area contributed by atoms with Crippen LogP contribution in [0.1, 0.15) is 20.3 Å². The van der Waals surface area contributed by atoms with E-state index in [4.69, 9.17) is 0 Å². The lowest BCUT2D eigenvalue weighted by Gasteiger charge is -2.11. The van der Waals surface area contributed by atoms with Crippen molar-refractivity contribution in [3.05, 3.63) is 49.1 Å². The molecule has 4 nitrogen and oxygen atoms in total. The van der Waals surface area contributed by atoms with Gasteiger partial charge in [0.1, 0.15) is 5.82 Å². The van der Waals surface area contributed by atoms with Gasteiger partial charge in [-0.15, -0.1) is 6.58 Å². The second-order valence-corrected chi connectivity index (χ2v) is 5.61. The fraction of sp³-hybridized carbons (Fsp3) is 0.333. The van der Waals surface area contributed by atoms with Gasteiger partial charge in [0.2, 0.25) is 5.95 Å². The van der Waals surface area contributed by atoms with Crippen molar-refractivity contribution < 1.29 is 0 Å². The highest BCUT2D eigenvalue weighted by atomic mass is 15.1. The Morgan fingerprint density at radius 3 is 2.59 bits per heavy atom. The monoisotopic (exact) mass is 296 g/mol. The maximum atomic E-state index is 4.57. The summed E-state index contributed by atoms with van der Waals surface area (Å²) >= 11 is 0. The Labute approximate surface area is 132 Å². The third-order valence-electron chi connectivity index (χ3n) is 3.23. The summed E-state index contributed by atoms with van der Waals surface area (Å²) in [5.74, 6) is 2.13. The van der Waals surface area contributed by atoms with Gasteiger partial charge in [0.25, 0.3) is 0 Å². The number of hydrogen-bond acceptors (Lipinski definition) is 4. The second kappa shape index (κ2) is 8.17. The molecule has 4 heteroatoms. The van der Waals surface area contributed by atoms with E-state index in [9.17, 15) is 0 Å². The van der Waals surface area contributed by atoms with Gasteiger partial charge < -0.3 is 10.6 Å². The SMILES string of the molecule is C=CCNc1nc(NCCC(C)C)cc(-c2ccccc2)n1. The lowest BCUT2D eigenvalue weighted by molar-refractivity contribution is 0.606. The third-order valence-corrected chi connectivity index (χ3v) is 3.23. The Hall–Kier alpha value is -2.36. The molecule has 2 N–H and O–H groups in total. The molecule has 0 aliphatic heterocycles. The number of nitrogens with zero attached hydrogens (tertiary/aromatic N) is 2. The van der Waals surface area contributed by atoms with E-state index in [2.05, 4.69) is 53.2 Å². The van der Waals surface area contributed by atoms with Crippen LogP contribution in [0, 0.1) is 5.92 Å². The summed E-state index contributed by atoms with van der Waals surface area (Å²) in [6, 6.07) is 12.1. The molecule has 2 aromatic rings. The van der Waals surface area contributed by atoms with Gasteiger partial charge in [0.05, 0.1) is 5.69 Å². The number of rotatable bonds is 8. The molecule has 0 unspecified atom stereocenters. The molecule has 0 spiro atoms. The first kappa shape index (κ1) is 16.0. The molecule has 0 aliphatic carbocycles. The number of anilines is 2. The van der Waals surface area contributed by atoms with E-state index in [0.717, 1.165) is 30.0 Å². The van der Waals surface area contributed by atoms with Crippen molar-refractivity contribution in [1.82, 2.24) is 9.97 Å². The highest BCUT2D eigenvalue weighted by molar-refractivity contribution is 5.64. The van der Waals surface area contributed by atoms with Crippen LogP contribution >= 0.6 is 0 Å². The molecule has 0 fully saturated rings. The summed E-state index contributed by atoms with van der Waals surface area (Å²) in [5, 5.41) is 6.55. The van der Waals surface area contributed by atoms with Gasteiger partial charge in [-0.1, -0.05) is 50.3 Å². The molecule has 1 heterocycles. The van der Waals surface area contributed by atoms with Gasteiger partial charge in [0.15, 0.2) is 0 Å². The van der Waals surface area contributed by atoms with E-state index in [0.29, 0.717) is 18.4 Å². The van der Waals surface area contributed by atoms with Crippen LogP contribution in [0.5, 0.6) is 0 Å². The van der Waals surface area contributed by atoms with Crippen molar-refractivity contribution in [2.75, 3.05) is 23.7 Å². The molecule has 0 radical (unpaired) electrons. The Morgan fingerprint density at radius 2 is 1.91 bits per heavy atom. The molecule has 1 aromatic carbocycles. The quantitative estimate of drug-likeness (QED) is 0.717. The molecule has 22 heavy (non-hydrogen) atoms. The zero-order valence-corrected chi connectivity index (χ0v) is 13.3. The highest BCUT2D eigenvalue weighted by Crippen LogP contribution is 2.21. The second-order valence-electron chi connectivity index (χ2n) is 5.61. The summed E-state index contributed by atoms with van der Waals surface area (Å²) < 4.78 is 0. The number of benzene rings is 1. The molecular weight excluding hydrogens is 272 g/mol. The fourth-order valence-electron chi connectivity index (χ4n) is 2.03. The Kier molecular flexibility index (Phi) is 5.95. The van der Waals surface area contributed by atoms with Crippen molar-refractivity contribution in [1.29, 1.82) is 0 Å².